The van der Waals surface area contributed by atoms with Gasteiger partial charge in [0.25, 0.3) is 0 Å². The first kappa shape index (κ1) is 13.4. The number of aliphatic hydroxyl groups excluding tert-OH is 2. The second-order valence-corrected chi connectivity index (χ2v) is 3.40. The summed E-state index contributed by atoms with van der Waals surface area (Å²) in [5.41, 5.74) is 0.437. The maximum atomic E-state index is 12.2. The predicted molar refractivity (Wildman–Crippen MR) is 56.4 cm³/mol. The number of alkyl halides is 1. The van der Waals surface area contributed by atoms with E-state index in [0.717, 1.165) is 0 Å². The number of carboxylic acid groups (broad SMARTS) is 1. The van der Waals surface area contributed by atoms with Crippen LogP contribution in [-0.4, -0.2) is 40.1 Å². The molecule has 0 spiro atoms. The Morgan fingerprint density at radius 3 is 2.35 bits per heavy atom. The molecule has 1 aromatic rings. The van der Waals surface area contributed by atoms with Crippen LogP contribution in [0.1, 0.15) is 5.56 Å². The quantitative estimate of drug-likeness (QED) is 0.671. The van der Waals surface area contributed by atoms with E-state index < -0.39 is 31.5 Å². The first-order valence-corrected chi connectivity index (χ1v) is 4.91. The van der Waals surface area contributed by atoms with Crippen LogP contribution in [0.15, 0.2) is 24.3 Å². The fraction of sp³-hybridized carbons (Fsp3) is 0.364. The van der Waals surface area contributed by atoms with Gasteiger partial charge in [-0.3, -0.25) is 0 Å². The molecule has 0 radical (unpaired) electrons. The Labute approximate surface area is 97.1 Å². The van der Waals surface area contributed by atoms with E-state index in [-0.39, 0.29) is 5.75 Å². The van der Waals surface area contributed by atoms with Gasteiger partial charge in [-0.1, -0.05) is 12.1 Å². The molecule has 0 aromatic heterocycles. The van der Waals surface area contributed by atoms with E-state index in [9.17, 15) is 14.3 Å². The van der Waals surface area contributed by atoms with Crippen LogP contribution in [0.3, 0.4) is 0 Å². The molecule has 2 unspecified atom stereocenters. The summed E-state index contributed by atoms with van der Waals surface area (Å²) in [4.78, 5) is 10.8. The Kier molecular flexibility index (Phi) is 4.86. The van der Waals surface area contributed by atoms with Gasteiger partial charge in [-0.25, -0.2) is 9.18 Å². The third-order valence-corrected chi connectivity index (χ3v) is 2.12. The number of carbonyl (C=O) groups is 1. The molecule has 17 heavy (non-hydrogen) atoms. The van der Waals surface area contributed by atoms with Crippen molar-refractivity contribution in [1.29, 1.82) is 0 Å². The summed E-state index contributed by atoms with van der Waals surface area (Å²) in [7, 11) is 0. The molecule has 0 bridgehead atoms. The van der Waals surface area contributed by atoms with Crippen molar-refractivity contribution in [2.24, 2.45) is 0 Å². The predicted octanol–water partition coefficient (Wildman–Crippen LogP) is 0.341. The van der Waals surface area contributed by atoms with Crippen molar-refractivity contribution < 1.29 is 29.2 Å². The fourth-order valence-electron chi connectivity index (χ4n) is 1.19. The van der Waals surface area contributed by atoms with Gasteiger partial charge in [0.15, 0.2) is 0 Å². The first-order valence-electron chi connectivity index (χ1n) is 4.91. The zero-order chi connectivity index (χ0) is 12.8. The summed E-state index contributed by atoms with van der Waals surface area (Å²) < 4.78 is 17.2. The summed E-state index contributed by atoms with van der Waals surface area (Å²) in [5, 5.41) is 26.7. The number of hydrogen-bond donors (Lipinski definition) is 3. The summed E-state index contributed by atoms with van der Waals surface area (Å²) >= 11 is 0. The number of halogens is 1. The molecule has 0 saturated heterocycles. The summed E-state index contributed by atoms with van der Waals surface area (Å²) in [6.45, 7) is -1.35. The standard InChI is InChI=1S/C11H13FO5/c12-5-7-1-3-8(4-2-7)17-10(11(15)16)9(14)6-13/h1-4,9-10,13-14H,5-6H2,(H,15,16). The van der Waals surface area contributed by atoms with Crippen LogP contribution in [0.2, 0.25) is 0 Å². The lowest BCUT2D eigenvalue weighted by Crippen LogP contribution is -2.41. The highest BCUT2D eigenvalue weighted by atomic mass is 19.1. The number of aliphatic carboxylic acids is 1. The van der Waals surface area contributed by atoms with Crippen LogP contribution in [0.4, 0.5) is 4.39 Å². The zero-order valence-corrected chi connectivity index (χ0v) is 8.91. The van der Waals surface area contributed by atoms with Crippen molar-refractivity contribution in [3.63, 3.8) is 0 Å². The van der Waals surface area contributed by atoms with E-state index in [4.69, 9.17) is 14.9 Å². The van der Waals surface area contributed by atoms with Gasteiger partial charge < -0.3 is 20.1 Å². The number of rotatable bonds is 6. The number of benzene rings is 1. The van der Waals surface area contributed by atoms with Crippen LogP contribution in [-0.2, 0) is 11.5 Å². The average molecular weight is 244 g/mol. The van der Waals surface area contributed by atoms with Crippen molar-refractivity contribution in [3.8, 4) is 5.75 Å². The number of hydrogen-bond acceptors (Lipinski definition) is 4. The number of aliphatic hydroxyl groups is 2. The Bertz CT molecular complexity index is 365. The van der Waals surface area contributed by atoms with E-state index in [0.29, 0.717) is 5.56 Å². The van der Waals surface area contributed by atoms with E-state index in [2.05, 4.69) is 0 Å². The average Bonchev–Trinajstić information content (AvgIpc) is 2.35. The second-order valence-electron chi connectivity index (χ2n) is 3.40. The highest BCUT2D eigenvalue weighted by Gasteiger charge is 2.28. The van der Waals surface area contributed by atoms with Crippen LogP contribution >= 0.6 is 0 Å². The summed E-state index contributed by atoms with van der Waals surface area (Å²) in [6, 6.07) is 5.68. The molecule has 0 saturated carbocycles. The van der Waals surface area contributed by atoms with Crippen LogP contribution in [0.5, 0.6) is 5.75 Å². The molecule has 0 aliphatic heterocycles. The summed E-state index contributed by atoms with van der Waals surface area (Å²) in [5.74, 6) is -1.21. The molecular formula is C11H13FO5. The zero-order valence-electron chi connectivity index (χ0n) is 8.91. The van der Waals surface area contributed by atoms with Gasteiger partial charge in [-0.15, -0.1) is 0 Å². The van der Waals surface area contributed by atoms with Crippen LogP contribution in [0, 0.1) is 0 Å². The highest BCUT2D eigenvalue weighted by Crippen LogP contribution is 2.15. The maximum Gasteiger partial charge on any atom is 0.347 e. The molecule has 1 rings (SSSR count). The van der Waals surface area contributed by atoms with Gasteiger partial charge >= 0.3 is 5.97 Å². The fourth-order valence-corrected chi connectivity index (χ4v) is 1.19. The minimum Gasteiger partial charge on any atom is -0.478 e. The van der Waals surface area contributed by atoms with Crippen molar-refractivity contribution in [1.82, 2.24) is 0 Å². The Balaban J connectivity index is 2.75. The molecule has 0 aliphatic carbocycles. The first-order chi connectivity index (χ1) is 8.08. The molecular weight excluding hydrogens is 231 g/mol. The normalized spacial score (nSPS) is 14.1. The Morgan fingerprint density at radius 1 is 1.35 bits per heavy atom. The van der Waals surface area contributed by atoms with Crippen molar-refractivity contribution in [3.05, 3.63) is 29.8 Å². The van der Waals surface area contributed by atoms with Gasteiger partial charge in [-0.05, 0) is 17.7 Å². The molecule has 0 fully saturated rings. The number of carboxylic acids is 1. The van der Waals surface area contributed by atoms with Crippen LogP contribution in [0.25, 0.3) is 0 Å². The van der Waals surface area contributed by atoms with Crippen molar-refractivity contribution in [2.45, 2.75) is 18.9 Å². The van der Waals surface area contributed by atoms with Gasteiger partial charge in [0, 0.05) is 0 Å². The van der Waals surface area contributed by atoms with Gasteiger partial charge in [0.1, 0.15) is 18.5 Å². The largest absolute Gasteiger partial charge is 0.478 e. The minimum absolute atomic E-state index is 0.183. The van der Waals surface area contributed by atoms with Crippen molar-refractivity contribution >= 4 is 5.97 Å². The lowest BCUT2D eigenvalue weighted by Gasteiger charge is -2.18. The molecule has 0 aliphatic rings. The van der Waals surface area contributed by atoms with E-state index in [1.54, 1.807) is 0 Å². The topological polar surface area (TPSA) is 87.0 Å². The molecule has 6 heteroatoms. The third kappa shape index (κ3) is 3.69. The molecule has 0 amide bonds. The van der Waals surface area contributed by atoms with E-state index in [1.807, 2.05) is 0 Å². The molecule has 94 valence electrons. The Morgan fingerprint density at radius 2 is 1.94 bits per heavy atom. The maximum absolute atomic E-state index is 12.2. The lowest BCUT2D eigenvalue weighted by atomic mass is 10.2. The minimum atomic E-state index is -1.56. The van der Waals surface area contributed by atoms with Gasteiger partial charge in [0.2, 0.25) is 6.10 Å². The molecule has 0 heterocycles. The van der Waals surface area contributed by atoms with Gasteiger partial charge in [-0.2, -0.15) is 0 Å². The van der Waals surface area contributed by atoms with E-state index >= 15 is 0 Å². The second kappa shape index (κ2) is 6.17. The smallest absolute Gasteiger partial charge is 0.347 e. The van der Waals surface area contributed by atoms with Crippen molar-refractivity contribution in [2.75, 3.05) is 6.61 Å². The highest BCUT2D eigenvalue weighted by molar-refractivity contribution is 5.73. The monoisotopic (exact) mass is 244 g/mol. The lowest BCUT2D eigenvalue weighted by molar-refractivity contribution is -0.151. The Hall–Kier alpha value is -1.66. The van der Waals surface area contributed by atoms with E-state index in [1.165, 1.54) is 24.3 Å². The molecule has 3 N–H and O–H groups in total. The summed E-state index contributed by atoms with van der Waals surface area (Å²) in [6.07, 6.45) is -3.08. The molecule has 5 nitrogen and oxygen atoms in total. The van der Waals surface area contributed by atoms with Crippen LogP contribution < -0.4 is 4.74 Å². The number of ether oxygens (including phenoxy) is 1. The third-order valence-electron chi connectivity index (χ3n) is 2.12. The SMILES string of the molecule is O=C(O)C(Oc1ccc(CF)cc1)C(O)CO. The molecule has 2 atom stereocenters. The van der Waals surface area contributed by atoms with Gasteiger partial charge in [0.05, 0.1) is 6.61 Å². The molecule has 1 aromatic carbocycles.